The Bertz CT molecular complexity index is 513. The highest BCUT2D eigenvalue weighted by Crippen LogP contribution is 2.32. The summed E-state index contributed by atoms with van der Waals surface area (Å²) in [4.78, 5) is 0. The van der Waals surface area contributed by atoms with Gasteiger partial charge in [0.15, 0.2) is 0 Å². The van der Waals surface area contributed by atoms with Crippen molar-refractivity contribution in [3.05, 3.63) is 29.6 Å². The molecule has 0 unspecified atom stereocenters. The zero-order valence-electron chi connectivity index (χ0n) is 9.48. The fourth-order valence-electron chi connectivity index (χ4n) is 2.04. The minimum Gasteiger partial charge on any atom is -0.396 e. The molecule has 1 aromatic heterocycles. The summed E-state index contributed by atoms with van der Waals surface area (Å²) >= 11 is 1.74. The van der Waals surface area contributed by atoms with E-state index in [2.05, 4.69) is 35.0 Å². The highest BCUT2D eigenvalue weighted by atomic mass is 32.1. The van der Waals surface area contributed by atoms with Crippen molar-refractivity contribution >= 4 is 27.1 Å². The first-order chi connectivity index (χ1) is 8.33. The van der Waals surface area contributed by atoms with Crippen LogP contribution in [0.15, 0.2) is 29.6 Å². The van der Waals surface area contributed by atoms with Gasteiger partial charge in [0.25, 0.3) is 0 Å². The molecule has 2 aromatic rings. The van der Waals surface area contributed by atoms with Gasteiger partial charge in [0.05, 0.1) is 30.9 Å². The Morgan fingerprint density at radius 2 is 2.18 bits per heavy atom. The Morgan fingerprint density at radius 3 is 2.88 bits per heavy atom. The average Bonchev–Trinajstić information content (AvgIpc) is 2.72. The van der Waals surface area contributed by atoms with E-state index < -0.39 is 0 Å². The van der Waals surface area contributed by atoms with Crippen LogP contribution in [0.25, 0.3) is 10.1 Å². The number of ether oxygens (including phenoxy) is 1. The van der Waals surface area contributed by atoms with Crippen molar-refractivity contribution in [2.45, 2.75) is 0 Å². The Labute approximate surface area is 104 Å². The molecule has 3 nitrogen and oxygen atoms in total. The van der Waals surface area contributed by atoms with Gasteiger partial charge in [0.2, 0.25) is 0 Å². The summed E-state index contributed by atoms with van der Waals surface area (Å²) in [6.45, 7) is 2.25. The van der Waals surface area contributed by atoms with Gasteiger partial charge in [-0.1, -0.05) is 18.2 Å². The topological polar surface area (TPSA) is 41.5 Å². The van der Waals surface area contributed by atoms with Crippen LogP contribution in [-0.4, -0.2) is 31.5 Å². The normalized spacial score (nSPS) is 17.9. The lowest BCUT2D eigenvalue weighted by atomic mass is 9.87. The van der Waals surface area contributed by atoms with E-state index in [4.69, 9.17) is 4.74 Å². The summed E-state index contributed by atoms with van der Waals surface area (Å²) in [6, 6.07) is 8.35. The summed E-state index contributed by atoms with van der Waals surface area (Å²) < 4.78 is 6.48. The molecule has 1 aromatic carbocycles. The van der Waals surface area contributed by atoms with Gasteiger partial charge in [-0.2, -0.15) is 0 Å². The van der Waals surface area contributed by atoms with Gasteiger partial charge >= 0.3 is 0 Å². The van der Waals surface area contributed by atoms with Crippen LogP contribution in [0.4, 0.5) is 5.69 Å². The van der Waals surface area contributed by atoms with Crippen molar-refractivity contribution in [3.63, 3.8) is 0 Å². The molecule has 0 atom stereocenters. The number of anilines is 1. The molecule has 0 aliphatic carbocycles. The molecule has 0 amide bonds. The number of aliphatic hydroxyl groups excluding tert-OH is 1. The smallest absolute Gasteiger partial charge is 0.0584 e. The molecular weight excluding hydrogens is 234 g/mol. The second-order valence-electron chi connectivity index (χ2n) is 4.65. The zero-order valence-corrected chi connectivity index (χ0v) is 10.3. The highest BCUT2D eigenvalue weighted by molar-refractivity contribution is 7.17. The van der Waals surface area contributed by atoms with Crippen molar-refractivity contribution in [2.24, 2.45) is 5.41 Å². The maximum absolute atomic E-state index is 9.36. The lowest BCUT2D eigenvalue weighted by Gasteiger charge is -2.40. The van der Waals surface area contributed by atoms with Crippen LogP contribution in [0.5, 0.6) is 0 Å². The SMILES string of the molecule is OCC1(CNc2csc3ccccc23)COC1. The highest BCUT2D eigenvalue weighted by Gasteiger charge is 2.37. The van der Waals surface area contributed by atoms with E-state index in [9.17, 15) is 5.11 Å². The van der Waals surface area contributed by atoms with E-state index >= 15 is 0 Å². The molecule has 0 spiro atoms. The second kappa shape index (κ2) is 4.29. The Kier molecular flexibility index (Phi) is 2.78. The lowest BCUT2D eigenvalue weighted by molar-refractivity contribution is -0.128. The van der Waals surface area contributed by atoms with Crippen molar-refractivity contribution < 1.29 is 9.84 Å². The molecule has 0 radical (unpaired) electrons. The summed E-state index contributed by atoms with van der Waals surface area (Å²) in [6.07, 6.45) is 0. The average molecular weight is 249 g/mol. The number of rotatable bonds is 4. The number of hydrogen-bond acceptors (Lipinski definition) is 4. The minimum atomic E-state index is -0.0803. The van der Waals surface area contributed by atoms with E-state index in [1.807, 2.05) is 0 Å². The first-order valence-electron chi connectivity index (χ1n) is 5.72. The van der Waals surface area contributed by atoms with Crippen LogP contribution in [0.1, 0.15) is 0 Å². The third-order valence-corrected chi connectivity index (χ3v) is 4.25. The summed E-state index contributed by atoms with van der Waals surface area (Å²) in [5.74, 6) is 0. The largest absolute Gasteiger partial charge is 0.396 e. The van der Waals surface area contributed by atoms with Crippen molar-refractivity contribution in [1.29, 1.82) is 0 Å². The molecule has 2 heterocycles. The van der Waals surface area contributed by atoms with Crippen LogP contribution in [0.3, 0.4) is 0 Å². The number of thiophene rings is 1. The lowest BCUT2D eigenvalue weighted by Crippen LogP contribution is -2.50. The van der Waals surface area contributed by atoms with E-state index in [1.165, 1.54) is 10.1 Å². The molecule has 0 saturated carbocycles. The monoisotopic (exact) mass is 249 g/mol. The molecule has 2 N–H and O–H groups in total. The van der Waals surface area contributed by atoms with Crippen LogP contribution in [0, 0.1) is 5.41 Å². The molecule has 1 aliphatic rings. The number of benzene rings is 1. The molecule has 3 rings (SSSR count). The molecule has 90 valence electrons. The van der Waals surface area contributed by atoms with Crippen molar-refractivity contribution in [2.75, 3.05) is 31.7 Å². The van der Waals surface area contributed by atoms with Crippen LogP contribution < -0.4 is 5.32 Å². The fraction of sp³-hybridized carbons (Fsp3) is 0.385. The quantitative estimate of drug-likeness (QED) is 0.873. The summed E-state index contributed by atoms with van der Waals surface area (Å²) in [5.41, 5.74) is 1.08. The number of hydrogen-bond donors (Lipinski definition) is 2. The Balaban J connectivity index is 1.77. The predicted octanol–water partition coefficient (Wildman–Crippen LogP) is 2.32. The maximum atomic E-state index is 9.36. The number of fused-ring (bicyclic) bond motifs is 1. The third kappa shape index (κ3) is 1.92. The summed E-state index contributed by atoms with van der Waals surface area (Å²) in [7, 11) is 0. The summed E-state index contributed by atoms with van der Waals surface area (Å²) in [5, 5.41) is 16.2. The fourth-order valence-corrected chi connectivity index (χ4v) is 2.95. The molecule has 1 aliphatic heterocycles. The zero-order chi connectivity index (χ0) is 11.7. The van der Waals surface area contributed by atoms with Gasteiger partial charge in [-0.05, 0) is 6.07 Å². The molecule has 1 saturated heterocycles. The van der Waals surface area contributed by atoms with Crippen molar-refractivity contribution in [1.82, 2.24) is 0 Å². The van der Waals surface area contributed by atoms with Gasteiger partial charge in [0, 0.05) is 22.0 Å². The standard InChI is InChI=1S/C13H15NO2S/c15-7-13(8-16-9-13)6-14-11-5-17-12-4-2-1-3-10(11)12/h1-5,14-15H,6-9H2. The van der Waals surface area contributed by atoms with Gasteiger partial charge < -0.3 is 15.2 Å². The van der Waals surface area contributed by atoms with Crippen LogP contribution >= 0.6 is 11.3 Å². The molecule has 4 heteroatoms. The van der Waals surface area contributed by atoms with E-state index in [-0.39, 0.29) is 12.0 Å². The van der Waals surface area contributed by atoms with E-state index in [0.717, 1.165) is 12.2 Å². The molecule has 0 bridgehead atoms. The van der Waals surface area contributed by atoms with Gasteiger partial charge in [-0.3, -0.25) is 0 Å². The van der Waals surface area contributed by atoms with E-state index in [0.29, 0.717) is 13.2 Å². The van der Waals surface area contributed by atoms with Crippen LogP contribution in [0.2, 0.25) is 0 Å². The maximum Gasteiger partial charge on any atom is 0.0584 e. The predicted molar refractivity (Wildman–Crippen MR) is 70.7 cm³/mol. The van der Waals surface area contributed by atoms with Crippen molar-refractivity contribution in [3.8, 4) is 0 Å². The molecular formula is C13H15NO2S. The van der Waals surface area contributed by atoms with Crippen LogP contribution in [-0.2, 0) is 4.74 Å². The van der Waals surface area contributed by atoms with E-state index in [1.54, 1.807) is 11.3 Å². The third-order valence-electron chi connectivity index (χ3n) is 3.29. The second-order valence-corrected chi connectivity index (χ2v) is 5.56. The number of aliphatic hydroxyl groups is 1. The minimum absolute atomic E-state index is 0.0803. The van der Waals surface area contributed by atoms with Gasteiger partial charge in [-0.15, -0.1) is 11.3 Å². The number of nitrogens with one attached hydrogen (secondary N) is 1. The van der Waals surface area contributed by atoms with Gasteiger partial charge in [-0.25, -0.2) is 0 Å². The first kappa shape index (κ1) is 11.0. The molecule has 17 heavy (non-hydrogen) atoms. The van der Waals surface area contributed by atoms with Gasteiger partial charge in [0.1, 0.15) is 0 Å². The molecule has 1 fully saturated rings. The first-order valence-corrected chi connectivity index (χ1v) is 6.60. The Morgan fingerprint density at radius 1 is 1.35 bits per heavy atom. The Hall–Kier alpha value is -1.10.